The van der Waals surface area contributed by atoms with E-state index in [2.05, 4.69) is 4.98 Å². The van der Waals surface area contributed by atoms with Gasteiger partial charge in [-0.2, -0.15) is 0 Å². The largest absolute Gasteiger partial charge is 0.438 e. The van der Waals surface area contributed by atoms with Gasteiger partial charge in [0.1, 0.15) is 22.8 Å². The second kappa shape index (κ2) is 8.16. The molecule has 0 unspecified atom stereocenters. The van der Waals surface area contributed by atoms with Crippen molar-refractivity contribution < 1.29 is 13.6 Å². The molecule has 0 saturated carbocycles. The molecule has 0 N–H and O–H groups in total. The molecule has 1 aliphatic rings. The third-order valence-electron chi connectivity index (χ3n) is 5.69. The van der Waals surface area contributed by atoms with E-state index in [1.807, 2.05) is 54.6 Å². The van der Waals surface area contributed by atoms with Crippen LogP contribution in [0.4, 0.5) is 4.39 Å². The molecule has 4 aromatic rings. The van der Waals surface area contributed by atoms with E-state index in [0.29, 0.717) is 23.5 Å². The Morgan fingerprint density at radius 1 is 1.06 bits per heavy atom. The molecule has 156 valence electrons. The average molecular weight is 435 g/mol. The predicted molar refractivity (Wildman–Crippen MR) is 118 cm³/mol. The Hall–Kier alpha value is -3.18. The van der Waals surface area contributed by atoms with Gasteiger partial charge in [0.25, 0.3) is 0 Å². The quantitative estimate of drug-likeness (QED) is 0.355. The minimum absolute atomic E-state index is 0.141. The van der Waals surface area contributed by atoms with E-state index >= 15 is 0 Å². The molecule has 6 heteroatoms. The first-order valence-corrected chi connectivity index (χ1v) is 10.7. The van der Waals surface area contributed by atoms with Crippen LogP contribution in [-0.4, -0.2) is 22.3 Å². The van der Waals surface area contributed by atoms with Crippen LogP contribution < -0.4 is 0 Å². The molecule has 5 rings (SSSR count). The number of likely N-dealkylation sites (tertiary alicyclic amines) is 1. The highest BCUT2D eigenvalue weighted by Crippen LogP contribution is 2.37. The summed E-state index contributed by atoms with van der Waals surface area (Å²) in [6, 6.07) is 21.1. The van der Waals surface area contributed by atoms with E-state index in [0.717, 1.165) is 29.5 Å². The zero-order valence-corrected chi connectivity index (χ0v) is 17.4. The molecular weight excluding hydrogens is 415 g/mol. The molecule has 0 spiro atoms. The molecule has 0 bridgehead atoms. The number of halogens is 2. The first-order valence-electron chi connectivity index (χ1n) is 10.3. The summed E-state index contributed by atoms with van der Waals surface area (Å²) in [6.45, 7) is 0.618. The number of carbonyl (C=O) groups is 1. The highest BCUT2D eigenvalue weighted by atomic mass is 35.5. The summed E-state index contributed by atoms with van der Waals surface area (Å²) in [6.07, 6.45) is 1.63. The van der Waals surface area contributed by atoms with Crippen LogP contribution in [0.25, 0.3) is 22.2 Å². The summed E-state index contributed by atoms with van der Waals surface area (Å²) in [7, 11) is 0. The van der Waals surface area contributed by atoms with E-state index < -0.39 is 5.38 Å². The SMILES string of the molecule is O=C([C@@H](Cl)c1ccccc1)N1CCC[C@H]1c1nc2cc(-c3cccc(F)c3)ccc2o1. The van der Waals surface area contributed by atoms with Crippen LogP contribution in [0.5, 0.6) is 0 Å². The van der Waals surface area contributed by atoms with Crippen LogP contribution in [-0.2, 0) is 4.79 Å². The molecule has 3 aromatic carbocycles. The van der Waals surface area contributed by atoms with Crippen molar-refractivity contribution in [2.45, 2.75) is 24.3 Å². The molecule has 1 aliphatic heterocycles. The number of rotatable bonds is 4. The maximum atomic E-state index is 13.6. The Labute approximate surface area is 184 Å². The lowest BCUT2D eigenvalue weighted by molar-refractivity contribution is -0.132. The van der Waals surface area contributed by atoms with Crippen molar-refractivity contribution in [1.82, 2.24) is 9.88 Å². The number of amides is 1. The fraction of sp³-hybridized carbons (Fsp3) is 0.200. The Morgan fingerprint density at radius 3 is 2.68 bits per heavy atom. The summed E-state index contributed by atoms with van der Waals surface area (Å²) in [5.74, 6) is 0.0832. The van der Waals surface area contributed by atoms with Gasteiger partial charge in [-0.1, -0.05) is 48.5 Å². The monoisotopic (exact) mass is 434 g/mol. The Kier molecular flexibility index (Phi) is 5.20. The molecule has 1 saturated heterocycles. The van der Waals surface area contributed by atoms with Gasteiger partial charge in [-0.3, -0.25) is 4.79 Å². The van der Waals surface area contributed by atoms with Crippen molar-refractivity contribution in [1.29, 1.82) is 0 Å². The summed E-state index contributed by atoms with van der Waals surface area (Å²) in [4.78, 5) is 19.5. The third-order valence-corrected chi connectivity index (χ3v) is 6.13. The van der Waals surface area contributed by atoms with Gasteiger partial charge < -0.3 is 9.32 Å². The Balaban J connectivity index is 1.43. The Morgan fingerprint density at radius 2 is 1.87 bits per heavy atom. The number of aromatic nitrogens is 1. The van der Waals surface area contributed by atoms with Gasteiger partial charge in [0.2, 0.25) is 11.8 Å². The molecule has 31 heavy (non-hydrogen) atoms. The summed E-state index contributed by atoms with van der Waals surface area (Å²) in [5.41, 5.74) is 3.73. The van der Waals surface area contributed by atoms with Gasteiger partial charge in [-0.25, -0.2) is 9.37 Å². The predicted octanol–water partition coefficient (Wildman–Crippen LogP) is 6.28. The number of oxazole rings is 1. The molecule has 0 aliphatic carbocycles. The van der Waals surface area contributed by atoms with Crippen LogP contribution in [0, 0.1) is 5.82 Å². The van der Waals surface area contributed by atoms with Crippen molar-refractivity contribution in [2.24, 2.45) is 0 Å². The lowest BCUT2D eigenvalue weighted by Gasteiger charge is -2.24. The number of hydrogen-bond donors (Lipinski definition) is 0. The van der Waals surface area contributed by atoms with Crippen molar-refractivity contribution in [3.05, 3.63) is 90.1 Å². The fourth-order valence-electron chi connectivity index (χ4n) is 4.13. The highest BCUT2D eigenvalue weighted by Gasteiger charge is 2.36. The normalized spacial score (nSPS) is 17.2. The molecular formula is C25H20ClFN2O2. The van der Waals surface area contributed by atoms with Gasteiger partial charge in [0.05, 0.1) is 0 Å². The van der Waals surface area contributed by atoms with Crippen LogP contribution in [0.3, 0.4) is 0 Å². The van der Waals surface area contributed by atoms with Crippen LogP contribution in [0.2, 0.25) is 0 Å². The van der Waals surface area contributed by atoms with E-state index in [1.54, 1.807) is 11.0 Å². The summed E-state index contributed by atoms with van der Waals surface area (Å²) in [5, 5.41) is -0.745. The van der Waals surface area contributed by atoms with E-state index in [4.69, 9.17) is 16.0 Å². The zero-order valence-electron chi connectivity index (χ0n) is 16.7. The highest BCUT2D eigenvalue weighted by molar-refractivity contribution is 6.30. The summed E-state index contributed by atoms with van der Waals surface area (Å²) < 4.78 is 19.6. The van der Waals surface area contributed by atoms with Crippen LogP contribution in [0.15, 0.2) is 77.2 Å². The van der Waals surface area contributed by atoms with Gasteiger partial charge >= 0.3 is 0 Å². The van der Waals surface area contributed by atoms with Gasteiger partial charge in [-0.15, -0.1) is 11.6 Å². The topological polar surface area (TPSA) is 46.3 Å². The number of hydrogen-bond acceptors (Lipinski definition) is 3. The van der Waals surface area contributed by atoms with Gasteiger partial charge in [0, 0.05) is 6.54 Å². The lowest BCUT2D eigenvalue weighted by Crippen LogP contribution is -2.33. The maximum absolute atomic E-state index is 13.6. The van der Waals surface area contributed by atoms with E-state index in [9.17, 15) is 9.18 Å². The molecule has 1 fully saturated rings. The molecule has 1 aromatic heterocycles. The Bertz CT molecular complexity index is 1240. The van der Waals surface area contributed by atoms with Crippen LogP contribution in [0.1, 0.15) is 35.7 Å². The third kappa shape index (κ3) is 3.81. The number of nitrogens with zero attached hydrogens (tertiary/aromatic N) is 2. The molecule has 2 heterocycles. The summed E-state index contributed by atoms with van der Waals surface area (Å²) >= 11 is 6.50. The zero-order chi connectivity index (χ0) is 21.4. The fourth-order valence-corrected chi connectivity index (χ4v) is 4.40. The first kappa shape index (κ1) is 19.8. The number of benzene rings is 3. The van der Waals surface area contributed by atoms with Gasteiger partial charge in [0.15, 0.2) is 5.58 Å². The van der Waals surface area contributed by atoms with Crippen molar-refractivity contribution in [3.8, 4) is 11.1 Å². The number of alkyl halides is 1. The number of fused-ring (bicyclic) bond motifs is 1. The molecule has 4 nitrogen and oxygen atoms in total. The van der Waals surface area contributed by atoms with E-state index in [1.165, 1.54) is 12.1 Å². The van der Waals surface area contributed by atoms with Crippen molar-refractivity contribution in [2.75, 3.05) is 6.54 Å². The van der Waals surface area contributed by atoms with Crippen molar-refractivity contribution in [3.63, 3.8) is 0 Å². The average Bonchev–Trinajstić information content (AvgIpc) is 3.45. The molecule has 2 atom stereocenters. The number of carbonyl (C=O) groups excluding carboxylic acids is 1. The molecule has 0 radical (unpaired) electrons. The van der Waals surface area contributed by atoms with Crippen molar-refractivity contribution >= 4 is 28.6 Å². The maximum Gasteiger partial charge on any atom is 0.245 e. The lowest BCUT2D eigenvalue weighted by atomic mass is 10.1. The molecule has 1 amide bonds. The minimum atomic E-state index is -0.745. The smallest absolute Gasteiger partial charge is 0.245 e. The second-order valence-electron chi connectivity index (χ2n) is 7.71. The van der Waals surface area contributed by atoms with Gasteiger partial charge in [-0.05, 0) is 53.8 Å². The second-order valence-corrected chi connectivity index (χ2v) is 8.14. The van der Waals surface area contributed by atoms with Crippen LogP contribution >= 0.6 is 11.6 Å². The standard InChI is InChI=1S/C25H20ClFN2O2/c26-23(16-6-2-1-3-7-16)25(30)29-13-5-10-21(29)24-28-20-15-18(11-12-22(20)31-24)17-8-4-9-19(27)14-17/h1-4,6-9,11-12,14-15,21,23H,5,10,13H2/t21-,23-/m0/s1. The van der Waals surface area contributed by atoms with E-state index in [-0.39, 0.29) is 17.8 Å². The first-order chi connectivity index (χ1) is 15.1. The minimum Gasteiger partial charge on any atom is -0.438 e.